The van der Waals surface area contributed by atoms with E-state index in [4.69, 9.17) is 5.73 Å². The number of carbonyl (C=O) groups is 20. The molecule has 1 aromatic carbocycles. The molecular weight excluding hydrogens is 1690 g/mol. The molecule has 1 fully saturated rings. The Balaban J connectivity index is 2.36. The molecule has 2 rings (SSSR count). The van der Waals surface area contributed by atoms with Gasteiger partial charge in [-0.3, -0.25) is 95.9 Å². The minimum Gasteiger partial charge on any atom is -0.481 e. The molecule has 14 atom stereocenters. The van der Waals surface area contributed by atoms with Crippen LogP contribution in [0, 0.1) is 35.5 Å². The van der Waals surface area contributed by atoms with Crippen molar-refractivity contribution in [1.29, 1.82) is 0 Å². The van der Waals surface area contributed by atoms with Crippen molar-refractivity contribution in [1.82, 2.24) is 90.0 Å². The normalized spacial score (nSPS) is 16.0. The number of aliphatic carboxylic acids is 2. The SMILES string of the molecule is CC(=O)NC(C)C(=O)NC(CCC(=O)O)C(=O)NC(C(=O)NC(CCC(=O)O)C(=O)NC(C(=O)NC(CC(C)C)C(=O)NC(C(=O)NC(C)(C)C(=O)NC(CC(C)C)C(=O)NC(C)(C)C(=O)NC(CC(C)C)C(=O)NC(CCC(N)=O)C(=O)NC(C)(C)C(=O)NC(CC(C)C)C(=O)NC(C)(C)C(=O)N1CCCC1C(=O)NC(CO)Cc1ccccc1)C(C)O)C(C)C)C(C)C. The largest absolute Gasteiger partial charge is 0.481 e. The van der Waals surface area contributed by atoms with E-state index < -0.39 is 275 Å². The average Bonchev–Trinajstić information content (AvgIpc) is 1.64. The lowest BCUT2D eigenvalue weighted by molar-refractivity contribution is -0.145. The van der Waals surface area contributed by atoms with Crippen LogP contribution >= 0.6 is 0 Å². The number of nitrogens with two attached hydrogens (primary N) is 1. The zero-order chi connectivity index (χ0) is 99.7. The Morgan fingerprint density at radius 2 is 0.731 bits per heavy atom. The molecule has 130 heavy (non-hydrogen) atoms. The molecule has 42 heteroatoms. The number of hydrogen-bond donors (Lipinski definition) is 21. The number of rotatable bonds is 55. The zero-order valence-corrected chi connectivity index (χ0v) is 79.5. The lowest BCUT2D eigenvalue weighted by Crippen LogP contribution is -2.66. The molecule has 1 saturated heterocycles. The van der Waals surface area contributed by atoms with Crippen LogP contribution in [0.1, 0.15) is 242 Å². The molecule has 0 radical (unpaired) electrons. The lowest BCUT2D eigenvalue weighted by Gasteiger charge is -2.35. The second-order valence-electron chi connectivity index (χ2n) is 38.0. The summed E-state index contributed by atoms with van der Waals surface area (Å²) in [4.78, 5) is 276. The van der Waals surface area contributed by atoms with Gasteiger partial charge >= 0.3 is 11.9 Å². The molecule has 1 aliphatic rings. The van der Waals surface area contributed by atoms with E-state index in [9.17, 15) is 116 Å². The minimum absolute atomic E-state index is 0.0450. The summed E-state index contributed by atoms with van der Waals surface area (Å²) in [5.74, 6) is -21.6. The molecule has 1 aliphatic heterocycles. The first-order chi connectivity index (χ1) is 60.0. The van der Waals surface area contributed by atoms with Crippen LogP contribution in [0.4, 0.5) is 0 Å². The molecule has 0 bridgehead atoms. The van der Waals surface area contributed by atoms with Crippen LogP contribution in [-0.2, 0) is 102 Å². The Hall–Kier alpha value is -11.5. The predicted molar refractivity (Wildman–Crippen MR) is 477 cm³/mol. The van der Waals surface area contributed by atoms with Crippen LogP contribution in [0.15, 0.2) is 30.3 Å². The average molecular weight is 1840 g/mol. The first-order valence-electron chi connectivity index (χ1n) is 44.2. The van der Waals surface area contributed by atoms with Gasteiger partial charge in [-0.2, -0.15) is 0 Å². The van der Waals surface area contributed by atoms with Crippen molar-refractivity contribution in [3.8, 4) is 0 Å². The number of amides is 18. The van der Waals surface area contributed by atoms with Crippen molar-refractivity contribution >= 4 is 118 Å². The highest BCUT2D eigenvalue weighted by atomic mass is 16.4. The second-order valence-corrected chi connectivity index (χ2v) is 38.0. The fraction of sp³-hybridized carbons (Fsp3) is 0.705. The molecule has 1 aromatic rings. The number of nitrogens with one attached hydrogen (secondary N) is 16. The summed E-state index contributed by atoms with van der Waals surface area (Å²) in [7, 11) is 0. The number of primary amides is 1. The van der Waals surface area contributed by atoms with E-state index in [-0.39, 0.29) is 62.5 Å². The first-order valence-corrected chi connectivity index (χ1v) is 44.2. The van der Waals surface area contributed by atoms with Crippen molar-refractivity contribution in [3.63, 3.8) is 0 Å². The van der Waals surface area contributed by atoms with Crippen molar-refractivity contribution in [2.45, 2.75) is 350 Å². The van der Waals surface area contributed by atoms with Gasteiger partial charge in [0.1, 0.15) is 94.7 Å². The summed E-state index contributed by atoms with van der Waals surface area (Å²) < 4.78 is 0. The number of aliphatic hydroxyl groups excluding tert-OH is 2. The highest BCUT2D eigenvalue weighted by Crippen LogP contribution is 2.25. The number of likely N-dealkylation sites (tertiary alicyclic amines) is 1. The van der Waals surface area contributed by atoms with Crippen molar-refractivity contribution in [2.75, 3.05) is 13.2 Å². The number of carboxylic acid groups (broad SMARTS) is 2. The van der Waals surface area contributed by atoms with Crippen LogP contribution in [0.3, 0.4) is 0 Å². The van der Waals surface area contributed by atoms with Crippen LogP contribution in [0.2, 0.25) is 0 Å². The molecule has 0 saturated carbocycles. The summed E-state index contributed by atoms with van der Waals surface area (Å²) >= 11 is 0. The van der Waals surface area contributed by atoms with Gasteiger partial charge in [0.2, 0.25) is 106 Å². The van der Waals surface area contributed by atoms with Gasteiger partial charge in [0.25, 0.3) is 0 Å². The molecule has 14 unspecified atom stereocenters. The number of aliphatic hydroxyl groups is 2. The zero-order valence-electron chi connectivity index (χ0n) is 79.5. The summed E-state index contributed by atoms with van der Waals surface area (Å²) in [6, 6.07) is -8.94. The van der Waals surface area contributed by atoms with Gasteiger partial charge in [-0.25, -0.2) is 0 Å². The number of carboxylic acids is 2. The van der Waals surface area contributed by atoms with Gasteiger partial charge in [-0.05, 0) is 175 Å². The number of nitrogens with zero attached hydrogens (tertiary/aromatic N) is 1. The molecule has 0 aliphatic carbocycles. The van der Waals surface area contributed by atoms with Gasteiger partial charge in [0.05, 0.1) is 18.8 Å². The van der Waals surface area contributed by atoms with E-state index in [1.165, 1.54) is 94.9 Å². The molecule has 22 N–H and O–H groups in total. The van der Waals surface area contributed by atoms with Gasteiger partial charge in [0.15, 0.2) is 0 Å². The number of carbonyl (C=O) groups excluding carboxylic acids is 18. The highest BCUT2D eigenvalue weighted by molar-refractivity contribution is 6.03. The summed E-state index contributed by atoms with van der Waals surface area (Å²) in [5.41, 5.74) is -0.956. The van der Waals surface area contributed by atoms with Crippen LogP contribution in [0.25, 0.3) is 0 Å². The number of benzene rings is 1. The third-order valence-corrected chi connectivity index (χ3v) is 21.3. The Bertz CT molecular complexity index is 4130. The Morgan fingerprint density at radius 3 is 1.11 bits per heavy atom. The third-order valence-electron chi connectivity index (χ3n) is 21.3. The van der Waals surface area contributed by atoms with Gasteiger partial charge in [-0.15, -0.1) is 0 Å². The number of hydrogen-bond acceptors (Lipinski definition) is 22. The fourth-order valence-electron chi connectivity index (χ4n) is 13.9. The standard InChI is InChI=1S/C88H146N18O24/c1-44(2)38-58(95-79(125)67(49(11)12)100-71(117)56(33-36-65(113)114)94-78(124)66(48(9)10)99-70(116)55(32-35-64(111)112)92-69(115)50(13)90-52(15)109)73(119)101-68(51(14)108)80(126)105-87(20,21)83(129)97-60(40-46(5)6)75(121)103-86(18,19)81(127)96-59(39-45(3)4)72(118)93-57(31-34-63(89)110)74(120)102-85(16,17)82(128)98-61(41-47(7)8)76(122)104-88(22,23)84(130)106-37-27-30-62(106)77(123)91-54(43-107)42-53-28-25-24-26-29-53/h24-26,28-29,44-51,54-62,66-68,107-108H,27,30-43H2,1-23H3,(H2,89,110)(H,90,109)(H,91,123)(H,92,115)(H,93,118)(H,94,124)(H,95,125)(H,96,127)(H,97,129)(H,98,128)(H,99,116)(H,100,117)(H,101,119)(H,102,120)(H,103,121)(H,104,122)(H,105,126)(H,111,112)(H,113,114). The fourth-order valence-corrected chi connectivity index (χ4v) is 13.9. The van der Waals surface area contributed by atoms with Crippen molar-refractivity contribution < 1.29 is 116 Å². The van der Waals surface area contributed by atoms with E-state index in [0.29, 0.717) is 19.3 Å². The highest BCUT2D eigenvalue weighted by Gasteiger charge is 2.47. The van der Waals surface area contributed by atoms with E-state index in [1.807, 2.05) is 30.3 Å². The third kappa shape index (κ3) is 39.1. The van der Waals surface area contributed by atoms with Crippen LogP contribution < -0.4 is 90.8 Å². The van der Waals surface area contributed by atoms with Crippen molar-refractivity contribution in [2.24, 2.45) is 41.2 Å². The molecule has 732 valence electrons. The molecule has 1 heterocycles. The van der Waals surface area contributed by atoms with Crippen molar-refractivity contribution in [3.05, 3.63) is 35.9 Å². The summed E-state index contributed by atoms with van der Waals surface area (Å²) in [6.07, 6.45) is -4.01. The predicted octanol–water partition coefficient (Wildman–Crippen LogP) is -1.48. The van der Waals surface area contributed by atoms with Gasteiger partial charge < -0.3 is 116 Å². The minimum atomic E-state index is -1.97. The molecule has 42 nitrogen and oxygen atoms in total. The summed E-state index contributed by atoms with van der Waals surface area (Å²) in [6.45, 7) is 33.9. The Morgan fingerprint density at radius 1 is 0.400 bits per heavy atom. The van der Waals surface area contributed by atoms with Crippen LogP contribution in [0.5, 0.6) is 0 Å². The molecule has 18 amide bonds. The van der Waals surface area contributed by atoms with E-state index in [0.717, 1.165) is 19.4 Å². The molecule has 0 aromatic heterocycles. The quantitative estimate of drug-likeness (QED) is 0.0354. The van der Waals surface area contributed by atoms with E-state index >= 15 is 0 Å². The second kappa shape index (κ2) is 52.4. The van der Waals surface area contributed by atoms with Gasteiger partial charge in [0, 0.05) is 32.7 Å². The molecular formula is C88H146N18O24. The van der Waals surface area contributed by atoms with Gasteiger partial charge in [-0.1, -0.05) is 113 Å². The smallest absolute Gasteiger partial charge is 0.303 e. The monoisotopic (exact) mass is 1840 g/mol. The first kappa shape index (κ1) is 115. The summed E-state index contributed by atoms with van der Waals surface area (Å²) in [5, 5.41) is 81.2. The van der Waals surface area contributed by atoms with E-state index in [1.54, 1.807) is 55.4 Å². The topological polar surface area (TPSA) is 644 Å². The van der Waals surface area contributed by atoms with E-state index in [2.05, 4.69) is 85.1 Å². The Kier molecular flexibility index (Phi) is 46.2. The maximum Gasteiger partial charge on any atom is 0.303 e. The van der Waals surface area contributed by atoms with Crippen LogP contribution in [-0.4, -0.2) is 264 Å². The maximum atomic E-state index is 14.5. The maximum absolute atomic E-state index is 14.5. The Labute approximate surface area is 761 Å². The molecule has 0 spiro atoms. The lowest BCUT2D eigenvalue weighted by atomic mass is 9.96.